The first-order valence-electron chi connectivity index (χ1n) is 5.76. The highest BCUT2D eigenvalue weighted by molar-refractivity contribution is 5.31. The third kappa shape index (κ3) is 1.67. The van der Waals surface area contributed by atoms with E-state index in [2.05, 4.69) is 31.8 Å². The molecule has 0 amide bonds. The van der Waals surface area contributed by atoms with Crippen LogP contribution in [-0.4, -0.2) is 10.5 Å². The molecule has 1 heterocycles. The van der Waals surface area contributed by atoms with Gasteiger partial charge in [-0.2, -0.15) is 0 Å². The quantitative estimate of drug-likeness (QED) is 0.803. The van der Waals surface area contributed by atoms with Crippen LogP contribution in [0.1, 0.15) is 44.4 Å². The van der Waals surface area contributed by atoms with Crippen molar-refractivity contribution >= 4 is 0 Å². The maximum atomic E-state index is 6.44. The molecule has 0 aliphatic heterocycles. The zero-order chi connectivity index (χ0) is 11.1. The van der Waals surface area contributed by atoms with Crippen molar-refractivity contribution in [3.05, 3.63) is 29.6 Å². The lowest BCUT2D eigenvalue weighted by Gasteiger charge is -2.35. The second kappa shape index (κ2) is 3.60. The van der Waals surface area contributed by atoms with E-state index < -0.39 is 0 Å². The van der Waals surface area contributed by atoms with Gasteiger partial charge in [0, 0.05) is 23.3 Å². The summed E-state index contributed by atoms with van der Waals surface area (Å²) in [4.78, 5) is 4.51. The number of nitrogens with zero attached hydrogens (tertiary/aromatic N) is 1. The predicted molar refractivity (Wildman–Crippen MR) is 62.7 cm³/mol. The monoisotopic (exact) mass is 204 g/mol. The van der Waals surface area contributed by atoms with Crippen LogP contribution >= 0.6 is 0 Å². The number of rotatable bonds is 2. The average molecular weight is 204 g/mol. The van der Waals surface area contributed by atoms with Crippen LogP contribution in [0.25, 0.3) is 0 Å². The van der Waals surface area contributed by atoms with E-state index in [1.165, 1.54) is 11.3 Å². The summed E-state index contributed by atoms with van der Waals surface area (Å²) in [6, 6.07) is 4.20. The SMILES string of the molecule is CC(C)C(C)(N)C1CCc2cccnc21. The molecule has 0 bridgehead atoms. The Bertz CT molecular complexity index is 355. The number of aromatic nitrogens is 1. The van der Waals surface area contributed by atoms with Crippen LogP contribution in [-0.2, 0) is 6.42 Å². The fraction of sp³-hybridized carbons (Fsp3) is 0.615. The van der Waals surface area contributed by atoms with Crippen molar-refractivity contribution in [1.82, 2.24) is 4.98 Å². The average Bonchev–Trinajstić information content (AvgIpc) is 2.61. The van der Waals surface area contributed by atoms with Gasteiger partial charge in [0.2, 0.25) is 0 Å². The molecule has 0 spiro atoms. The highest BCUT2D eigenvalue weighted by atomic mass is 14.8. The first kappa shape index (κ1) is 10.6. The standard InChI is InChI=1S/C13H20N2/c1-9(2)13(3,14)11-7-6-10-5-4-8-15-12(10)11/h4-5,8-9,11H,6-7,14H2,1-3H3. The lowest BCUT2D eigenvalue weighted by molar-refractivity contribution is 0.274. The van der Waals surface area contributed by atoms with Crippen LogP contribution < -0.4 is 5.73 Å². The molecule has 1 aromatic heterocycles. The Labute approximate surface area is 91.9 Å². The maximum absolute atomic E-state index is 6.44. The predicted octanol–water partition coefficient (Wildman–Crippen LogP) is 2.48. The summed E-state index contributed by atoms with van der Waals surface area (Å²) in [6.45, 7) is 6.55. The molecule has 2 rings (SSSR count). The lowest BCUT2D eigenvalue weighted by Crippen LogP contribution is -2.47. The first-order valence-corrected chi connectivity index (χ1v) is 5.76. The largest absolute Gasteiger partial charge is 0.325 e. The Balaban J connectivity index is 2.35. The fourth-order valence-corrected chi connectivity index (χ4v) is 2.42. The van der Waals surface area contributed by atoms with Crippen LogP contribution in [0.3, 0.4) is 0 Å². The van der Waals surface area contributed by atoms with Crippen molar-refractivity contribution in [3.63, 3.8) is 0 Å². The van der Waals surface area contributed by atoms with Crippen LogP contribution in [0.2, 0.25) is 0 Å². The van der Waals surface area contributed by atoms with E-state index in [-0.39, 0.29) is 5.54 Å². The van der Waals surface area contributed by atoms with Crippen molar-refractivity contribution in [2.45, 2.75) is 45.1 Å². The van der Waals surface area contributed by atoms with Gasteiger partial charge in [-0.1, -0.05) is 19.9 Å². The van der Waals surface area contributed by atoms with E-state index in [0.29, 0.717) is 11.8 Å². The second-order valence-electron chi connectivity index (χ2n) is 5.16. The van der Waals surface area contributed by atoms with Gasteiger partial charge in [-0.15, -0.1) is 0 Å². The molecule has 0 radical (unpaired) electrons. The van der Waals surface area contributed by atoms with E-state index >= 15 is 0 Å². The zero-order valence-corrected chi connectivity index (χ0v) is 9.83. The Kier molecular flexibility index (Phi) is 2.55. The van der Waals surface area contributed by atoms with Crippen LogP contribution in [0.15, 0.2) is 18.3 Å². The van der Waals surface area contributed by atoms with Gasteiger partial charge < -0.3 is 5.73 Å². The minimum absolute atomic E-state index is 0.139. The van der Waals surface area contributed by atoms with Crippen LogP contribution in [0, 0.1) is 5.92 Å². The third-order valence-electron chi connectivity index (χ3n) is 3.95. The lowest BCUT2D eigenvalue weighted by atomic mass is 9.76. The van der Waals surface area contributed by atoms with E-state index in [4.69, 9.17) is 5.73 Å². The molecule has 2 unspecified atom stereocenters. The van der Waals surface area contributed by atoms with Gasteiger partial charge in [0.05, 0.1) is 0 Å². The summed E-state index contributed by atoms with van der Waals surface area (Å²) in [5.74, 6) is 0.907. The molecule has 2 atom stereocenters. The molecular formula is C13H20N2. The van der Waals surface area contributed by atoms with Crippen LogP contribution in [0.5, 0.6) is 0 Å². The maximum Gasteiger partial charge on any atom is 0.0484 e. The summed E-state index contributed by atoms with van der Waals surface area (Å²) in [6.07, 6.45) is 4.17. The number of nitrogens with two attached hydrogens (primary N) is 1. The number of aryl methyl sites for hydroxylation is 1. The summed E-state index contributed by atoms with van der Waals surface area (Å²) in [5.41, 5.74) is 8.92. The summed E-state index contributed by atoms with van der Waals surface area (Å²) >= 11 is 0. The van der Waals surface area contributed by atoms with E-state index in [1.54, 1.807) is 0 Å². The van der Waals surface area contributed by atoms with Crippen molar-refractivity contribution in [2.75, 3.05) is 0 Å². The minimum Gasteiger partial charge on any atom is -0.325 e. The summed E-state index contributed by atoms with van der Waals surface area (Å²) < 4.78 is 0. The molecule has 1 aromatic rings. The zero-order valence-electron chi connectivity index (χ0n) is 9.83. The topological polar surface area (TPSA) is 38.9 Å². The second-order valence-corrected chi connectivity index (χ2v) is 5.16. The third-order valence-corrected chi connectivity index (χ3v) is 3.95. The smallest absolute Gasteiger partial charge is 0.0484 e. The Morgan fingerprint density at radius 2 is 2.27 bits per heavy atom. The molecule has 0 saturated heterocycles. The van der Waals surface area contributed by atoms with Crippen LogP contribution in [0.4, 0.5) is 0 Å². The molecule has 15 heavy (non-hydrogen) atoms. The highest BCUT2D eigenvalue weighted by Crippen LogP contribution is 2.40. The molecule has 2 heteroatoms. The van der Waals surface area contributed by atoms with Crippen molar-refractivity contribution in [2.24, 2.45) is 11.7 Å². The van der Waals surface area contributed by atoms with Gasteiger partial charge in [-0.3, -0.25) is 4.98 Å². The van der Waals surface area contributed by atoms with E-state index in [0.717, 1.165) is 12.8 Å². The molecule has 0 aromatic carbocycles. The molecule has 1 aliphatic carbocycles. The molecule has 1 aliphatic rings. The van der Waals surface area contributed by atoms with E-state index in [1.807, 2.05) is 12.3 Å². The van der Waals surface area contributed by atoms with Gasteiger partial charge in [-0.25, -0.2) is 0 Å². The Morgan fingerprint density at radius 3 is 2.93 bits per heavy atom. The minimum atomic E-state index is -0.139. The molecular weight excluding hydrogens is 184 g/mol. The molecule has 0 fully saturated rings. The van der Waals surface area contributed by atoms with Gasteiger partial charge >= 0.3 is 0 Å². The Hall–Kier alpha value is -0.890. The van der Waals surface area contributed by atoms with Gasteiger partial charge in [0.25, 0.3) is 0 Å². The highest BCUT2D eigenvalue weighted by Gasteiger charge is 2.38. The fourth-order valence-electron chi connectivity index (χ4n) is 2.42. The molecule has 82 valence electrons. The van der Waals surface area contributed by atoms with E-state index in [9.17, 15) is 0 Å². The van der Waals surface area contributed by atoms with Crippen molar-refractivity contribution in [3.8, 4) is 0 Å². The first-order chi connectivity index (χ1) is 7.03. The van der Waals surface area contributed by atoms with Crippen molar-refractivity contribution in [1.29, 1.82) is 0 Å². The molecule has 0 saturated carbocycles. The van der Waals surface area contributed by atoms with Gasteiger partial charge in [0.15, 0.2) is 0 Å². The molecule has 2 N–H and O–H groups in total. The number of hydrogen-bond donors (Lipinski definition) is 1. The number of pyridine rings is 1. The Morgan fingerprint density at radius 1 is 1.53 bits per heavy atom. The normalized spacial score (nSPS) is 23.9. The number of hydrogen-bond acceptors (Lipinski definition) is 2. The van der Waals surface area contributed by atoms with Gasteiger partial charge in [0.1, 0.15) is 0 Å². The number of fused-ring (bicyclic) bond motifs is 1. The van der Waals surface area contributed by atoms with Crippen molar-refractivity contribution < 1.29 is 0 Å². The molecule has 2 nitrogen and oxygen atoms in total. The summed E-state index contributed by atoms with van der Waals surface area (Å²) in [7, 11) is 0. The summed E-state index contributed by atoms with van der Waals surface area (Å²) in [5, 5.41) is 0. The van der Waals surface area contributed by atoms with Gasteiger partial charge in [-0.05, 0) is 37.3 Å².